The molecule has 2 unspecified atom stereocenters. The van der Waals surface area contributed by atoms with Gasteiger partial charge in [0.1, 0.15) is 0 Å². The van der Waals surface area contributed by atoms with E-state index < -0.39 is 8.80 Å². The van der Waals surface area contributed by atoms with Gasteiger partial charge in [0.25, 0.3) is 0 Å². The molecule has 2 rings (SSSR count). The molecule has 0 aromatic rings. The van der Waals surface area contributed by atoms with Gasteiger partial charge in [-0.15, -0.1) is 0 Å². The van der Waals surface area contributed by atoms with Gasteiger partial charge in [-0.05, 0) is 30.2 Å². The number of hydrogen-bond donors (Lipinski definition) is 1. The number of hydrogen-bond acceptors (Lipinski definition) is 1. The van der Waals surface area contributed by atoms with Crippen LogP contribution in [0.4, 0.5) is 0 Å². The predicted molar refractivity (Wildman–Crippen MR) is 88.5 cm³/mol. The van der Waals surface area contributed by atoms with E-state index in [0.717, 1.165) is 0 Å². The molecule has 108 valence electrons. The van der Waals surface area contributed by atoms with E-state index in [1.807, 2.05) is 0 Å². The maximum absolute atomic E-state index is 3.94. The highest BCUT2D eigenvalue weighted by Gasteiger charge is 2.56. The highest BCUT2D eigenvalue weighted by Crippen LogP contribution is 2.61. The first-order valence-corrected chi connectivity index (χ1v) is 10.7. The molecule has 1 N–H and O–H groups in total. The van der Waals surface area contributed by atoms with Gasteiger partial charge >= 0.3 is 0 Å². The van der Waals surface area contributed by atoms with E-state index in [2.05, 4.69) is 70.4 Å². The Hall–Kier alpha value is -0.343. The third-order valence-electron chi connectivity index (χ3n) is 6.69. The standard InChI is InChI=1S/C17H31NSi/c1-15(2)16(3,18-14-10-7-8-11-14)12-9-13-17(15,4)19(5)6/h7-8,10-11,14,18-19H,9,12-13H2,1-6H3. The summed E-state index contributed by atoms with van der Waals surface area (Å²) in [7, 11) is -0.698. The molecule has 0 amide bonds. The van der Waals surface area contributed by atoms with Crippen LogP contribution in [0.1, 0.15) is 47.0 Å². The van der Waals surface area contributed by atoms with Crippen LogP contribution in [-0.4, -0.2) is 20.4 Å². The molecule has 0 aliphatic heterocycles. The van der Waals surface area contributed by atoms with E-state index in [-0.39, 0.29) is 5.54 Å². The monoisotopic (exact) mass is 277 g/mol. The van der Waals surface area contributed by atoms with Gasteiger partial charge < -0.3 is 5.32 Å². The van der Waals surface area contributed by atoms with Crippen molar-refractivity contribution in [3.63, 3.8) is 0 Å². The third-order valence-corrected chi connectivity index (χ3v) is 10.2. The van der Waals surface area contributed by atoms with E-state index in [4.69, 9.17) is 0 Å². The zero-order chi connectivity index (χ0) is 14.3. The summed E-state index contributed by atoms with van der Waals surface area (Å²) in [4.78, 5) is 0. The third kappa shape index (κ3) is 2.27. The minimum atomic E-state index is -0.698. The molecule has 0 heterocycles. The summed E-state index contributed by atoms with van der Waals surface area (Å²) >= 11 is 0. The smallest absolute Gasteiger partial charge is 0.0446 e. The Labute approximate surface area is 121 Å². The summed E-state index contributed by atoms with van der Waals surface area (Å²) in [6.07, 6.45) is 13.0. The summed E-state index contributed by atoms with van der Waals surface area (Å²) in [5.74, 6) is 0. The Morgan fingerprint density at radius 2 is 1.58 bits per heavy atom. The fourth-order valence-corrected chi connectivity index (χ4v) is 6.77. The van der Waals surface area contributed by atoms with Crippen LogP contribution in [0, 0.1) is 5.41 Å². The van der Waals surface area contributed by atoms with E-state index >= 15 is 0 Å². The Morgan fingerprint density at radius 1 is 1.00 bits per heavy atom. The van der Waals surface area contributed by atoms with Crippen molar-refractivity contribution in [1.29, 1.82) is 0 Å². The molecule has 1 fully saturated rings. The minimum absolute atomic E-state index is 0.237. The molecule has 0 radical (unpaired) electrons. The Kier molecular flexibility index (Phi) is 3.87. The van der Waals surface area contributed by atoms with Gasteiger partial charge in [0.15, 0.2) is 0 Å². The lowest BCUT2D eigenvalue weighted by atomic mass is 9.58. The molecule has 0 bridgehead atoms. The van der Waals surface area contributed by atoms with Crippen molar-refractivity contribution < 1.29 is 0 Å². The molecule has 0 saturated heterocycles. The number of nitrogens with one attached hydrogen (secondary N) is 1. The van der Waals surface area contributed by atoms with Crippen molar-refractivity contribution in [2.75, 3.05) is 0 Å². The molecule has 0 spiro atoms. The van der Waals surface area contributed by atoms with Crippen LogP contribution < -0.4 is 5.32 Å². The molecule has 2 aliphatic rings. The van der Waals surface area contributed by atoms with Crippen molar-refractivity contribution >= 4 is 8.80 Å². The minimum Gasteiger partial charge on any atom is -0.301 e. The highest BCUT2D eigenvalue weighted by atomic mass is 28.3. The topological polar surface area (TPSA) is 12.0 Å². The maximum Gasteiger partial charge on any atom is 0.0446 e. The fraction of sp³-hybridized carbons (Fsp3) is 0.765. The van der Waals surface area contributed by atoms with Gasteiger partial charge in [0.2, 0.25) is 0 Å². The van der Waals surface area contributed by atoms with E-state index in [0.29, 0.717) is 16.5 Å². The highest BCUT2D eigenvalue weighted by molar-refractivity contribution is 6.59. The first kappa shape index (κ1) is 15.1. The van der Waals surface area contributed by atoms with E-state index in [1.165, 1.54) is 19.3 Å². The van der Waals surface area contributed by atoms with Crippen LogP contribution in [0.2, 0.25) is 18.1 Å². The summed E-state index contributed by atoms with van der Waals surface area (Å²) in [6.45, 7) is 15.1. The van der Waals surface area contributed by atoms with Gasteiger partial charge in [-0.2, -0.15) is 0 Å². The lowest BCUT2D eigenvalue weighted by molar-refractivity contribution is 0.0316. The average molecular weight is 278 g/mol. The zero-order valence-electron chi connectivity index (χ0n) is 13.6. The van der Waals surface area contributed by atoms with Gasteiger partial charge in [-0.25, -0.2) is 0 Å². The van der Waals surface area contributed by atoms with Gasteiger partial charge in [-0.3, -0.25) is 0 Å². The summed E-state index contributed by atoms with van der Waals surface area (Å²) in [5.41, 5.74) is 0.587. The molecule has 2 heteroatoms. The maximum atomic E-state index is 3.94. The summed E-state index contributed by atoms with van der Waals surface area (Å²) in [5, 5.41) is 4.48. The van der Waals surface area contributed by atoms with Crippen LogP contribution in [0.5, 0.6) is 0 Å². The quantitative estimate of drug-likeness (QED) is 0.759. The largest absolute Gasteiger partial charge is 0.301 e. The van der Waals surface area contributed by atoms with Crippen LogP contribution in [0.25, 0.3) is 0 Å². The van der Waals surface area contributed by atoms with Crippen molar-refractivity contribution in [3.05, 3.63) is 24.3 Å². The summed E-state index contributed by atoms with van der Waals surface area (Å²) < 4.78 is 0. The van der Waals surface area contributed by atoms with Crippen molar-refractivity contribution in [1.82, 2.24) is 5.32 Å². The van der Waals surface area contributed by atoms with Crippen molar-refractivity contribution in [2.45, 2.75) is 76.7 Å². The first-order valence-electron chi connectivity index (χ1n) is 7.86. The van der Waals surface area contributed by atoms with Crippen LogP contribution >= 0.6 is 0 Å². The second kappa shape index (κ2) is 4.89. The van der Waals surface area contributed by atoms with Crippen LogP contribution in [0.3, 0.4) is 0 Å². The first-order chi connectivity index (χ1) is 8.73. The molecular weight excluding hydrogens is 246 g/mol. The lowest BCUT2D eigenvalue weighted by Gasteiger charge is -2.61. The van der Waals surface area contributed by atoms with Gasteiger partial charge in [-0.1, -0.05) is 64.6 Å². The number of allylic oxidation sites excluding steroid dienone is 2. The second-order valence-electron chi connectivity index (χ2n) is 7.82. The molecule has 0 aromatic heterocycles. The lowest BCUT2D eigenvalue weighted by Crippen LogP contribution is -2.64. The van der Waals surface area contributed by atoms with Crippen molar-refractivity contribution in [2.24, 2.45) is 5.41 Å². The van der Waals surface area contributed by atoms with Crippen LogP contribution in [0.15, 0.2) is 24.3 Å². The fourth-order valence-electron chi connectivity index (χ4n) is 4.22. The molecule has 19 heavy (non-hydrogen) atoms. The van der Waals surface area contributed by atoms with Gasteiger partial charge in [0.05, 0.1) is 0 Å². The van der Waals surface area contributed by atoms with Crippen molar-refractivity contribution in [3.8, 4) is 0 Å². The number of rotatable bonds is 3. The van der Waals surface area contributed by atoms with E-state index in [1.54, 1.807) is 0 Å². The normalized spacial score (nSPS) is 38.3. The zero-order valence-corrected chi connectivity index (χ0v) is 14.7. The summed E-state index contributed by atoms with van der Waals surface area (Å²) in [6, 6.07) is 0.431. The predicted octanol–water partition coefficient (Wildman–Crippen LogP) is 4.29. The Balaban J connectivity index is 2.28. The molecule has 0 aromatic carbocycles. The molecule has 1 saturated carbocycles. The van der Waals surface area contributed by atoms with E-state index in [9.17, 15) is 0 Å². The molecular formula is C17H31NSi. The molecule has 1 nitrogen and oxygen atoms in total. The molecule has 2 aliphatic carbocycles. The Morgan fingerprint density at radius 3 is 2.11 bits per heavy atom. The average Bonchev–Trinajstić information content (AvgIpc) is 2.79. The Bertz CT molecular complexity index is 384. The van der Waals surface area contributed by atoms with Crippen LogP contribution in [-0.2, 0) is 0 Å². The second-order valence-corrected chi connectivity index (χ2v) is 11.4. The van der Waals surface area contributed by atoms with Gasteiger partial charge in [0, 0.05) is 20.4 Å². The SMILES string of the molecule is C[SiH](C)C1(C)CCCC(C)(NC2C=CC=C2)C1(C)C. The molecule has 2 atom stereocenters.